The maximum absolute atomic E-state index is 13.0. The highest BCUT2D eigenvalue weighted by molar-refractivity contribution is 5.99. The van der Waals surface area contributed by atoms with Gasteiger partial charge >= 0.3 is 0 Å². The Morgan fingerprint density at radius 1 is 0.970 bits per heavy atom. The molecule has 6 nitrogen and oxygen atoms in total. The zero-order valence-electron chi connectivity index (χ0n) is 18.5. The molecule has 0 radical (unpaired) electrons. The Bertz CT molecular complexity index is 1160. The number of carbonyl (C=O) groups excluding carboxylic acids is 2. The molecule has 0 saturated heterocycles. The molecule has 33 heavy (non-hydrogen) atoms. The number of nitrogen functional groups attached to an aromatic ring is 1. The number of rotatable bonds is 8. The standard InChI is InChI=1S/C27H28N4O2/c28-27(29)21-11-8-19(9-12-21)10-15-26(33)31-16-4-7-22-17-23(13-14-24(22)31)30-18-25(32)20-5-2-1-3-6-20/h1-3,5-6,8-9,11-14,17,30H,4,7,10,15-16,18H2,(H3,28,29). The van der Waals surface area contributed by atoms with Gasteiger partial charge in [0.25, 0.3) is 0 Å². The molecule has 0 bridgehead atoms. The van der Waals surface area contributed by atoms with Crippen LogP contribution in [0.4, 0.5) is 11.4 Å². The number of ketones is 1. The van der Waals surface area contributed by atoms with E-state index in [1.807, 2.05) is 77.7 Å². The van der Waals surface area contributed by atoms with Gasteiger partial charge in [-0.3, -0.25) is 15.0 Å². The van der Waals surface area contributed by atoms with Crippen LogP contribution in [0.15, 0.2) is 72.8 Å². The molecule has 4 rings (SSSR count). The van der Waals surface area contributed by atoms with E-state index >= 15 is 0 Å². The molecule has 0 spiro atoms. The topological polar surface area (TPSA) is 99.3 Å². The van der Waals surface area contributed by atoms with Crippen LogP contribution in [0.5, 0.6) is 0 Å². The molecule has 0 atom stereocenters. The molecule has 0 aliphatic carbocycles. The molecular weight excluding hydrogens is 412 g/mol. The summed E-state index contributed by atoms with van der Waals surface area (Å²) in [5, 5.41) is 10.7. The number of nitrogens with one attached hydrogen (secondary N) is 2. The predicted octanol–water partition coefficient (Wildman–Crippen LogP) is 4.18. The average molecular weight is 441 g/mol. The van der Waals surface area contributed by atoms with E-state index in [0.717, 1.165) is 35.3 Å². The van der Waals surface area contributed by atoms with Gasteiger partial charge in [0.05, 0.1) is 6.54 Å². The first kappa shape index (κ1) is 22.3. The molecule has 0 unspecified atom stereocenters. The van der Waals surface area contributed by atoms with Crippen molar-refractivity contribution in [2.75, 3.05) is 23.3 Å². The van der Waals surface area contributed by atoms with Gasteiger partial charge in [-0.25, -0.2) is 0 Å². The zero-order valence-corrected chi connectivity index (χ0v) is 18.5. The van der Waals surface area contributed by atoms with Crippen LogP contribution in [0.25, 0.3) is 0 Å². The molecule has 3 aromatic carbocycles. The normalized spacial score (nSPS) is 12.7. The number of hydrogen-bond donors (Lipinski definition) is 3. The number of aryl methyl sites for hydroxylation is 2. The highest BCUT2D eigenvalue weighted by Crippen LogP contribution is 2.30. The van der Waals surface area contributed by atoms with Crippen molar-refractivity contribution < 1.29 is 9.59 Å². The van der Waals surface area contributed by atoms with E-state index in [4.69, 9.17) is 11.1 Å². The number of carbonyl (C=O) groups is 2. The van der Waals surface area contributed by atoms with Crippen LogP contribution in [-0.2, 0) is 17.6 Å². The lowest BCUT2D eigenvalue weighted by Crippen LogP contribution is -2.35. The van der Waals surface area contributed by atoms with E-state index in [2.05, 4.69) is 5.32 Å². The Labute approximate surface area is 193 Å². The Balaban J connectivity index is 1.37. The molecule has 1 aliphatic rings. The third kappa shape index (κ3) is 5.47. The van der Waals surface area contributed by atoms with E-state index in [-0.39, 0.29) is 24.1 Å². The van der Waals surface area contributed by atoms with Gasteiger partial charge in [0.2, 0.25) is 5.91 Å². The highest BCUT2D eigenvalue weighted by atomic mass is 16.2. The minimum Gasteiger partial charge on any atom is -0.384 e. The van der Waals surface area contributed by atoms with Crippen LogP contribution in [0, 0.1) is 5.41 Å². The molecule has 0 fully saturated rings. The third-order valence-corrected chi connectivity index (χ3v) is 5.94. The smallest absolute Gasteiger partial charge is 0.227 e. The van der Waals surface area contributed by atoms with E-state index in [1.54, 1.807) is 0 Å². The lowest BCUT2D eigenvalue weighted by Gasteiger charge is -2.30. The minimum atomic E-state index is 0.0424. The summed E-state index contributed by atoms with van der Waals surface area (Å²) in [4.78, 5) is 27.2. The lowest BCUT2D eigenvalue weighted by atomic mass is 9.99. The Morgan fingerprint density at radius 2 is 1.73 bits per heavy atom. The van der Waals surface area contributed by atoms with Crippen LogP contribution >= 0.6 is 0 Å². The summed E-state index contributed by atoms with van der Waals surface area (Å²) < 4.78 is 0. The van der Waals surface area contributed by atoms with Crippen molar-refractivity contribution in [1.82, 2.24) is 0 Å². The van der Waals surface area contributed by atoms with Crippen LogP contribution in [-0.4, -0.2) is 30.6 Å². The van der Waals surface area contributed by atoms with Crippen LogP contribution in [0.1, 0.15) is 39.9 Å². The van der Waals surface area contributed by atoms with Crippen LogP contribution < -0.4 is 16.0 Å². The Morgan fingerprint density at radius 3 is 2.45 bits per heavy atom. The van der Waals surface area contributed by atoms with Crippen molar-refractivity contribution in [2.24, 2.45) is 5.73 Å². The van der Waals surface area contributed by atoms with Crippen molar-refractivity contribution in [3.8, 4) is 0 Å². The first-order chi connectivity index (χ1) is 16.0. The second-order valence-electron chi connectivity index (χ2n) is 8.25. The van der Waals surface area contributed by atoms with Crippen LogP contribution in [0.2, 0.25) is 0 Å². The summed E-state index contributed by atoms with van der Waals surface area (Å²) in [6.07, 6.45) is 2.89. The first-order valence-electron chi connectivity index (χ1n) is 11.2. The minimum absolute atomic E-state index is 0.0424. The number of anilines is 2. The molecule has 0 aromatic heterocycles. The fourth-order valence-corrected chi connectivity index (χ4v) is 4.11. The number of amides is 1. The van der Waals surface area contributed by atoms with Crippen LogP contribution in [0.3, 0.4) is 0 Å². The van der Waals surface area contributed by atoms with Gasteiger partial charge in [0.1, 0.15) is 5.84 Å². The third-order valence-electron chi connectivity index (χ3n) is 5.94. The first-order valence-corrected chi connectivity index (χ1v) is 11.2. The maximum atomic E-state index is 13.0. The molecule has 1 aliphatic heterocycles. The number of hydrogen-bond acceptors (Lipinski definition) is 4. The van der Waals surface area contributed by atoms with E-state index in [1.165, 1.54) is 0 Å². The monoisotopic (exact) mass is 440 g/mol. The summed E-state index contributed by atoms with van der Waals surface area (Å²) in [5.74, 6) is 0.189. The SMILES string of the molecule is N=C(N)c1ccc(CCC(=O)N2CCCc3cc(NCC(=O)c4ccccc4)ccc32)cc1. The fraction of sp³-hybridized carbons (Fsp3) is 0.222. The average Bonchev–Trinajstić information content (AvgIpc) is 2.86. The van der Waals surface area contributed by atoms with Gasteiger partial charge in [0, 0.05) is 35.5 Å². The maximum Gasteiger partial charge on any atom is 0.227 e. The number of fused-ring (bicyclic) bond motifs is 1. The quantitative estimate of drug-likeness (QED) is 0.278. The molecule has 1 heterocycles. The molecule has 0 saturated carbocycles. The molecule has 3 aromatic rings. The second-order valence-corrected chi connectivity index (χ2v) is 8.25. The van der Waals surface area contributed by atoms with Gasteiger partial charge in [-0.1, -0.05) is 54.6 Å². The number of amidine groups is 1. The van der Waals surface area contributed by atoms with Gasteiger partial charge in [-0.05, 0) is 48.6 Å². The summed E-state index contributed by atoms with van der Waals surface area (Å²) in [6, 6.07) is 22.7. The number of benzene rings is 3. The number of Topliss-reactive ketones (excluding diaryl/α,β-unsaturated/α-hetero) is 1. The summed E-state index contributed by atoms with van der Waals surface area (Å²) in [7, 11) is 0. The molecule has 6 heteroatoms. The Hall–Kier alpha value is -3.93. The molecule has 1 amide bonds. The summed E-state index contributed by atoms with van der Waals surface area (Å²) >= 11 is 0. The van der Waals surface area contributed by atoms with E-state index in [9.17, 15) is 9.59 Å². The Kier molecular flexibility index (Phi) is 6.83. The summed E-state index contributed by atoms with van der Waals surface area (Å²) in [5.41, 5.74) is 10.9. The van der Waals surface area contributed by atoms with Gasteiger partial charge < -0.3 is 16.0 Å². The van der Waals surface area contributed by atoms with Crippen molar-refractivity contribution in [3.05, 3.63) is 95.1 Å². The zero-order chi connectivity index (χ0) is 23.2. The number of nitrogens with two attached hydrogens (primary N) is 1. The molecule has 168 valence electrons. The van der Waals surface area contributed by atoms with Gasteiger partial charge in [-0.15, -0.1) is 0 Å². The predicted molar refractivity (Wildman–Crippen MR) is 132 cm³/mol. The lowest BCUT2D eigenvalue weighted by molar-refractivity contribution is -0.118. The van der Waals surface area contributed by atoms with Crippen molar-refractivity contribution >= 4 is 28.9 Å². The van der Waals surface area contributed by atoms with Crippen molar-refractivity contribution in [3.63, 3.8) is 0 Å². The fourth-order valence-electron chi connectivity index (χ4n) is 4.11. The van der Waals surface area contributed by atoms with Crippen molar-refractivity contribution in [1.29, 1.82) is 5.41 Å². The van der Waals surface area contributed by atoms with E-state index in [0.29, 0.717) is 30.5 Å². The number of nitrogens with zero attached hydrogens (tertiary/aromatic N) is 1. The van der Waals surface area contributed by atoms with E-state index < -0.39 is 0 Å². The molecular formula is C27H28N4O2. The van der Waals surface area contributed by atoms with Gasteiger partial charge in [-0.2, -0.15) is 0 Å². The molecule has 4 N–H and O–H groups in total. The largest absolute Gasteiger partial charge is 0.384 e. The van der Waals surface area contributed by atoms with Crippen molar-refractivity contribution in [2.45, 2.75) is 25.7 Å². The summed E-state index contributed by atoms with van der Waals surface area (Å²) in [6.45, 7) is 0.947. The second kappa shape index (κ2) is 10.1. The highest BCUT2D eigenvalue weighted by Gasteiger charge is 2.22. The van der Waals surface area contributed by atoms with Gasteiger partial charge in [0.15, 0.2) is 5.78 Å².